The lowest BCUT2D eigenvalue weighted by atomic mass is 9.76. The highest BCUT2D eigenvalue weighted by Crippen LogP contribution is 2.30. The molecule has 20 heavy (non-hydrogen) atoms. The van der Waals surface area contributed by atoms with Crippen LogP contribution in [0, 0.1) is 11.8 Å². The third-order valence-corrected chi connectivity index (χ3v) is 3.98. The molecule has 0 saturated heterocycles. The molecule has 1 aliphatic rings. The SMILES string of the molecule is COC(=O)[C@H](CC(C)C)NC(=O)C1(N)CCCC(C)C1. The fourth-order valence-electron chi connectivity index (χ4n) is 2.93. The number of nitrogens with two attached hydrogens (primary N) is 1. The van der Waals surface area contributed by atoms with Crippen molar-refractivity contribution in [2.24, 2.45) is 17.6 Å². The molecule has 1 saturated carbocycles. The normalized spacial score (nSPS) is 28.0. The van der Waals surface area contributed by atoms with E-state index < -0.39 is 17.6 Å². The molecule has 0 spiro atoms. The first-order valence-corrected chi connectivity index (χ1v) is 7.46. The van der Waals surface area contributed by atoms with Crippen LogP contribution in [0.15, 0.2) is 0 Å². The molecule has 116 valence electrons. The van der Waals surface area contributed by atoms with Crippen LogP contribution in [-0.4, -0.2) is 30.6 Å². The van der Waals surface area contributed by atoms with Gasteiger partial charge in [-0.1, -0.05) is 33.6 Å². The van der Waals surface area contributed by atoms with E-state index in [4.69, 9.17) is 10.5 Å². The molecule has 2 unspecified atom stereocenters. The minimum Gasteiger partial charge on any atom is -0.467 e. The van der Waals surface area contributed by atoms with E-state index in [0.717, 1.165) is 12.8 Å². The van der Waals surface area contributed by atoms with Gasteiger partial charge in [0.05, 0.1) is 12.6 Å². The zero-order valence-electron chi connectivity index (χ0n) is 13.1. The summed E-state index contributed by atoms with van der Waals surface area (Å²) in [5.41, 5.74) is 5.40. The molecule has 0 aliphatic heterocycles. The van der Waals surface area contributed by atoms with E-state index in [1.165, 1.54) is 7.11 Å². The first-order valence-electron chi connectivity index (χ1n) is 7.46. The Kier molecular flexibility index (Phi) is 5.99. The molecular formula is C15H28N2O3. The number of hydrogen-bond acceptors (Lipinski definition) is 4. The van der Waals surface area contributed by atoms with Crippen molar-refractivity contribution in [1.82, 2.24) is 5.32 Å². The van der Waals surface area contributed by atoms with Gasteiger partial charge in [0.25, 0.3) is 0 Å². The van der Waals surface area contributed by atoms with Crippen LogP contribution in [-0.2, 0) is 14.3 Å². The number of rotatable bonds is 5. The van der Waals surface area contributed by atoms with Crippen LogP contribution in [0.4, 0.5) is 0 Å². The molecular weight excluding hydrogens is 256 g/mol. The molecule has 0 heterocycles. The highest BCUT2D eigenvalue weighted by Gasteiger charge is 2.39. The van der Waals surface area contributed by atoms with Crippen LogP contribution >= 0.6 is 0 Å². The number of ether oxygens (including phenoxy) is 1. The van der Waals surface area contributed by atoms with Crippen molar-refractivity contribution in [3.8, 4) is 0 Å². The van der Waals surface area contributed by atoms with Crippen LogP contribution in [0.2, 0.25) is 0 Å². The van der Waals surface area contributed by atoms with Gasteiger partial charge < -0.3 is 15.8 Å². The maximum Gasteiger partial charge on any atom is 0.328 e. The molecule has 3 atom stereocenters. The summed E-state index contributed by atoms with van der Waals surface area (Å²) in [7, 11) is 1.34. The minimum absolute atomic E-state index is 0.222. The molecule has 5 heteroatoms. The van der Waals surface area contributed by atoms with E-state index in [-0.39, 0.29) is 5.91 Å². The lowest BCUT2D eigenvalue weighted by molar-refractivity contribution is -0.146. The molecule has 0 aromatic rings. The molecule has 1 rings (SSSR count). The molecule has 1 aliphatic carbocycles. The number of nitrogens with one attached hydrogen (secondary N) is 1. The summed E-state index contributed by atoms with van der Waals surface area (Å²) in [6, 6.07) is -0.606. The van der Waals surface area contributed by atoms with E-state index in [0.29, 0.717) is 31.1 Å². The molecule has 5 nitrogen and oxygen atoms in total. The molecule has 1 amide bonds. The Balaban J connectivity index is 2.71. The summed E-state index contributed by atoms with van der Waals surface area (Å²) >= 11 is 0. The molecule has 1 fully saturated rings. The Morgan fingerprint density at radius 2 is 2.10 bits per heavy atom. The average Bonchev–Trinajstić information content (AvgIpc) is 2.36. The van der Waals surface area contributed by atoms with Crippen molar-refractivity contribution in [1.29, 1.82) is 0 Å². The van der Waals surface area contributed by atoms with Gasteiger partial charge in [-0.2, -0.15) is 0 Å². The summed E-state index contributed by atoms with van der Waals surface area (Å²) < 4.78 is 4.76. The topological polar surface area (TPSA) is 81.4 Å². The first-order chi connectivity index (χ1) is 9.28. The van der Waals surface area contributed by atoms with Gasteiger partial charge in [0.1, 0.15) is 6.04 Å². The number of amides is 1. The number of carbonyl (C=O) groups excluding carboxylic acids is 2. The Morgan fingerprint density at radius 1 is 1.45 bits per heavy atom. The molecule has 0 radical (unpaired) electrons. The quantitative estimate of drug-likeness (QED) is 0.751. The Hall–Kier alpha value is -1.10. The fourth-order valence-corrected chi connectivity index (χ4v) is 2.93. The zero-order chi connectivity index (χ0) is 15.3. The fraction of sp³-hybridized carbons (Fsp3) is 0.867. The summed E-state index contributed by atoms with van der Waals surface area (Å²) in [4.78, 5) is 24.2. The van der Waals surface area contributed by atoms with Gasteiger partial charge in [0.2, 0.25) is 5.91 Å². The van der Waals surface area contributed by atoms with Crippen molar-refractivity contribution in [2.45, 2.75) is 64.5 Å². The van der Waals surface area contributed by atoms with Crippen LogP contribution < -0.4 is 11.1 Å². The maximum absolute atomic E-state index is 12.4. The monoisotopic (exact) mass is 284 g/mol. The smallest absolute Gasteiger partial charge is 0.328 e. The molecule has 3 N–H and O–H groups in total. The van der Waals surface area contributed by atoms with Crippen molar-refractivity contribution in [2.75, 3.05) is 7.11 Å². The Bertz CT molecular complexity index is 357. The van der Waals surface area contributed by atoms with Crippen LogP contribution in [0.5, 0.6) is 0 Å². The van der Waals surface area contributed by atoms with E-state index >= 15 is 0 Å². The number of carbonyl (C=O) groups is 2. The number of methoxy groups -OCH3 is 1. The largest absolute Gasteiger partial charge is 0.467 e. The second-order valence-electron chi connectivity index (χ2n) is 6.54. The van der Waals surface area contributed by atoms with Crippen LogP contribution in [0.1, 0.15) is 52.9 Å². The highest BCUT2D eigenvalue weighted by atomic mass is 16.5. The third-order valence-electron chi connectivity index (χ3n) is 3.98. The maximum atomic E-state index is 12.4. The van der Waals surface area contributed by atoms with E-state index in [2.05, 4.69) is 12.2 Å². The summed E-state index contributed by atoms with van der Waals surface area (Å²) in [6.07, 6.45) is 3.98. The standard InChI is InChI=1S/C15H28N2O3/c1-10(2)8-12(13(18)20-4)17-14(19)15(16)7-5-6-11(3)9-15/h10-12H,5-9,16H2,1-4H3,(H,17,19)/t11?,12-,15?/m0/s1. The predicted octanol–water partition coefficient (Wildman–Crippen LogP) is 1.60. The van der Waals surface area contributed by atoms with Gasteiger partial charge in [-0.05, 0) is 31.1 Å². The van der Waals surface area contributed by atoms with Crippen LogP contribution in [0.25, 0.3) is 0 Å². The molecule has 0 bridgehead atoms. The average molecular weight is 284 g/mol. The molecule has 0 aromatic carbocycles. The second-order valence-corrected chi connectivity index (χ2v) is 6.54. The number of hydrogen-bond donors (Lipinski definition) is 2. The van der Waals surface area contributed by atoms with Gasteiger partial charge in [0.15, 0.2) is 0 Å². The van der Waals surface area contributed by atoms with Gasteiger partial charge in [-0.3, -0.25) is 4.79 Å². The minimum atomic E-state index is -0.846. The lowest BCUT2D eigenvalue weighted by Crippen LogP contribution is -2.59. The highest BCUT2D eigenvalue weighted by molar-refractivity contribution is 5.90. The van der Waals surface area contributed by atoms with Crippen molar-refractivity contribution < 1.29 is 14.3 Å². The van der Waals surface area contributed by atoms with Gasteiger partial charge in [0, 0.05) is 0 Å². The summed E-state index contributed by atoms with van der Waals surface area (Å²) in [5.74, 6) is 0.110. The van der Waals surface area contributed by atoms with E-state index in [1.807, 2.05) is 13.8 Å². The Labute approximate surface area is 121 Å². The Morgan fingerprint density at radius 3 is 2.60 bits per heavy atom. The van der Waals surface area contributed by atoms with Crippen molar-refractivity contribution in [3.63, 3.8) is 0 Å². The second kappa shape index (κ2) is 7.07. The van der Waals surface area contributed by atoms with Crippen molar-refractivity contribution in [3.05, 3.63) is 0 Å². The lowest BCUT2D eigenvalue weighted by Gasteiger charge is -2.36. The van der Waals surface area contributed by atoms with E-state index in [1.54, 1.807) is 0 Å². The third kappa shape index (κ3) is 4.47. The summed E-state index contributed by atoms with van der Waals surface area (Å²) in [5, 5.41) is 2.79. The van der Waals surface area contributed by atoms with Crippen LogP contribution in [0.3, 0.4) is 0 Å². The van der Waals surface area contributed by atoms with E-state index in [9.17, 15) is 9.59 Å². The summed E-state index contributed by atoms with van der Waals surface area (Å²) in [6.45, 7) is 6.12. The van der Waals surface area contributed by atoms with Gasteiger partial charge in [-0.15, -0.1) is 0 Å². The van der Waals surface area contributed by atoms with Gasteiger partial charge >= 0.3 is 5.97 Å². The molecule has 0 aromatic heterocycles. The van der Waals surface area contributed by atoms with Crippen molar-refractivity contribution >= 4 is 11.9 Å². The number of esters is 1. The predicted molar refractivity (Wildman–Crippen MR) is 78.0 cm³/mol. The zero-order valence-corrected chi connectivity index (χ0v) is 13.1. The van der Waals surface area contributed by atoms with Gasteiger partial charge in [-0.25, -0.2) is 4.79 Å². The first kappa shape index (κ1) is 17.0.